The van der Waals surface area contributed by atoms with Crippen LogP contribution >= 0.6 is 0 Å². The number of benzene rings is 2. The maximum absolute atomic E-state index is 12.6. The summed E-state index contributed by atoms with van der Waals surface area (Å²) in [4.78, 5) is 24.1. The standard InChI is InChI=1S/C18H20N4O4S/c23-17(20-21-18(24)19-15-8-2-1-3-9-15)14-7-6-10-16(13-14)27(25,26)22-11-4-5-12-22/h1-3,6-10,13H,4-5,11-12H2,(H,20,23)(H2,19,21,24). The lowest BCUT2D eigenvalue weighted by molar-refractivity contribution is 0.0937. The van der Waals surface area contributed by atoms with Crippen LogP contribution in [-0.4, -0.2) is 37.8 Å². The predicted octanol–water partition coefficient (Wildman–Crippen LogP) is 1.94. The number of amides is 3. The fourth-order valence-electron chi connectivity index (χ4n) is 2.74. The molecule has 0 aromatic heterocycles. The predicted molar refractivity (Wildman–Crippen MR) is 100 cm³/mol. The van der Waals surface area contributed by atoms with Gasteiger partial charge >= 0.3 is 6.03 Å². The highest BCUT2D eigenvalue weighted by Gasteiger charge is 2.27. The summed E-state index contributed by atoms with van der Waals surface area (Å²) >= 11 is 0. The Kier molecular flexibility index (Phi) is 5.72. The van der Waals surface area contributed by atoms with Crippen LogP contribution in [0.2, 0.25) is 0 Å². The van der Waals surface area contributed by atoms with Crippen molar-refractivity contribution in [1.82, 2.24) is 15.2 Å². The number of anilines is 1. The smallest absolute Gasteiger partial charge is 0.307 e. The van der Waals surface area contributed by atoms with Gasteiger partial charge in [-0.2, -0.15) is 4.31 Å². The van der Waals surface area contributed by atoms with Crippen LogP contribution < -0.4 is 16.2 Å². The number of carbonyl (C=O) groups is 2. The Bertz CT molecular complexity index is 925. The molecule has 8 nitrogen and oxygen atoms in total. The third-order valence-electron chi connectivity index (χ3n) is 4.12. The topological polar surface area (TPSA) is 108 Å². The molecule has 2 aromatic rings. The molecule has 142 valence electrons. The van der Waals surface area contributed by atoms with Crippen molar-refractivity contribution in [2.45, 2.75) is 17.7 Å². The fraction of sp³-hybridized carbons (Fsp3) is 0.222. The van der Waals surface area contributed by atoms with Crippen molar-refractivity contribution in [2.75, 3.05) is 18.4 Å². The first-order chi connectivity index (χ1) is 13.0. The van der Waals surface area contributed by atoms with Gasteiger partial charge in [0.25, 0.3) is 5.91 Å². The van der Waals surface area contributed by atoms with Crippen LogP contribution in [0.3, 0.4) is 0 Å². The Balaban J connectivity index is 1.62. The van der Waals surface area contributed by atoms with E-state index in [4.69, 9.17) is 0 Å². The number of hydrogen-bond donors (Lipinski definition) is 3. The SMILES string of the molecule is O=C(NNC(=O)c1cccc(S(=O)(=O)N2CCCC2)c1)Nc1ccccc1. The fourth-order valence-corrected chi connectivity index (χ4v) is 4.31. The average Bonchev–Trinajstić information content (AvgIpc) is 3.23. The van der Waals surface area contributed by atoms with E-state index in [1.54, 1.807) is 24.3 Å². The summed E-state index contributed by atoms with van der Waals surface area (Å²) in [6.07, 6.45) is 1.67. The molecule has 3 amide bonds. The van der Waals surface area contributed by atoms with Crippen LogP contribution in [0.25, 0.3) is 0 Å². The molecule has 0 saturated carbocycles. The van der Waals surface area contributed by atoms with E-state index in [2.05, 4.69) is 16.2 Å². The van der Waals surface area contributed by atoms with Crippen LogP contribution in [-0.2, 0) is 10.0 Å². The minimum absolute atomic E-state index is 0.0609. The van der Waals surface area contributed by atoms with E-state index in [9.17, 15) is 18.0 Å². The number of sulfonamides is 1. The number of nitrogens with zero attached hydrogens (tertiary/aromatic N) is 1. The van der Waals surface area contributed by atoms with Crippen molar-refractivity contribution >= 4 is 27.6 Å². The summed E-state index contributed by atoms with van der Waals surface area (Å²) in [5, 5.41) is 2.55. The van der Waals surface area contributed by atoms with Crippen molar-refractivity contribution in [3.05, 3.63) is 60.2 Å². The molecule has 9 heteroatoms. The monoisotopic (exact) mass is 388 g/mol. The summed E-state index contributed by atoms with van der Waals surface area (Å²) < 4.78 is 26.6. The first-order valence-corrected chi connectivity index (χ1v) is 9.93. The summed E-state index contributed by atoms with van der Waals surface area (Å²) in [5.41, 5.74) is 5.20. The maximum Gasteiger partial charge on any atom is 0.337 e. The summed E-state index contributed by atoms with van der Waals surface area (Å²) in [6.45, 7) is 0.972. The Morgan fingerprint density at radius 1 is 0.889 bits per heavy atom. The Hall–Kier alpha value is -2.91. The number of rotatable bonds is 4. The van der Waals surface area contributed by atoms with Gasteiger partial charge in [-0.3, -0.25) is 10.2 Å². The first kappa shape index (κ1) is 18.9. The molecule has 0 atom stereocenters. The summed E-state index contributed by atoms with van der Waals surface area (Å²) in [6, 6.07) is 13.9. The molecule has 0 unspecified atom stereocenters. The number of urea groups is 1. The highest BCUT2D eigenvalue weighted by atomic mass is 32.2. The average molecular weight is 388 g/mol. The van der Waals surface area contributed by atoms with Gasteiger partial charge in [0.05, 0.1) is 4.90 Å². The molecular weight excluding hydrogens is 368 g/mol. The van der Waals surface area contributed by atoms with Crippen LogP contribution in [0.15, 0.2) is 59.5 Å². The molecule has 3 rings (SSSR count). The highest BCUT2D eigenvalue weighted by molar-refractivity contribution is 7.89. The Morgan fingerprint density at radius 3 is 2.30 bits per heavy atom. The highest BCUT2D eigenvalue weighted by Crippen LogP contribution is 2.21. The van der Waals surface area contributed by atoms with Crippen molar-refractivity contribution in [2.24, 2.45) is 0 Å². The lowest BCUT2D eigenvalue weighted by atomic mass is 10.2. The Labute approximate surface area is 157 Å². The van der Waals surface area contributed by atoms with Gasteiger partial charge in [-0.15, -0.1) is 0 Å². The zero-order valence-corrected chi connectivity index (χ0v) is 15.3. The molecule has 27 heavy (non-hydrogen) atoms. The van der Waals surface area contributed by atoms with E-state index in [0.717, 1.165) is 12.8 Å². The second-order valence-corrected chi connectivity index (χ2v) is 7.98. The molecule has 3 N–H and O–H groups in total. The molecule has 1 fully saturated rings. The minimum atomic E-state index is -3.61. The molecule has 0 radical (unpaired) electrons. The molecular formula is C18H20N4O4S. The van der Waals surface area contributed by atoms with Crippen LogP contribution in [0.5, 0.6) is 0 Å². The number of nitrogens with one attached hydrogen (secondary N) is 3. The molecule has 1 aliphatic heterocycles. The van der Waals surface area contributed by atoms with Crippen LogP contribution in [0, 0.1) is 0 Å². The zero-order chi connectivity index (χ0) is 19.3. The van der Waals surface area contributed by atoms with Crippen molar-refractivity contribution in [1.29, 1.82) is 0 Å². The summed E-state index contributed by atoms with van der Waals surface area (Å²) in [7, 11) is -3.61. The third-order valence-corrected chi connectivity index (χ3v) is 6.01. The van der Waals surface area contributed by atoms with Gasteiger partial charge in [-0.1, -0.05) is 24.3 Å². The van der Waals surface area contributed by atoms with Crippen LogP contribution in [0.4, 0.5) is 10.5 Å². The van der Waals surface area contributed by atoms with Gasteiger partial charge in [-0.05, 0) is 43.2 Å². The van der Waals surface area contributed by atoms with Crippen molar-refractivity contribution in [3.8, 4) is 0 Å². The number of hydrogen-bond acceptors (Lipinski definition) is 4. The van der Waals surface area contributed by atoms with Crippen molar-refractivity contribution < 1.29 is 18.0 Å². The zero-order valence-electron chi connectivity index (χ0n) is 14.5. The molecule has 0 aliphatic carbocycles. The molecule has 1 heterocycles. The maximum atomic E-state index is 12.6. The van der Waals surface area contributed by atoms with E-state index in [-0.39, 0.29) is 10.5 Å². The molecule has 0 spiro atoms. The van der Waals surface area contributed by atoms with Gasteiger partial charge in [0.2, 0.25) is 10.0 Å². The number of hydrazine groups is 1. The van der Waals surface area contributed by atoms with E-state index < -0.39 is 22.0 Å². The summed E-state index contributed by atoms with van der Waals surface area (Å²) in [5.74, 6) is -0.614. The normalized spacial score (nSPS) is 14.5. The van der Waals surface area contributed by atoms with Gasteiger partial charge in [0.15, 0.2) is 0 Å². The molecule has 2 aromatic carbocycles. The molecule has 0 bridgehead atoms. The van der Waals surface area contributed by atoms with Crippen LogP contribution in [0.1, 0.15) is 23.2 Å². The van der Waals surface area contributed by atoms with Crippen molar-refractivity contribution in [3.63, 3.8) is 0 Å². The Morgan fingerprint density at radius 2 is 1.59 bits per heavy atom. The minimum Gasteiger partial charge on any atom is -0.307 e. The second-order valence-electron chi connectivity index (χ2n) is 6.04. The largest absolute Gasteiger partial charge is 0.337 e. The lowest BCUT2D eigenvalue weighted by Crippen LogP contribution is -2.44. The van der Waals surface area contributed by atoms with Gasteiger partial charge < -0.3 is 5.32 Å². The van der Waals surface area contributed by atoms with Gasteiger partial charge in [0, 0.05) is 24.3 Å². The molecule has 1 aliphatic rings. The third kappa shape index (κ3) is 4.63. The van der Waals surface area contributed by atoms with E-state index in [1.165, 1.54) is 28.6 Å². The first-order valence-electron chi connectivity index (χ1n) is 8.49. The molecule has 1 saturated heterocycles. The number of carbonyl (C=O) groups excluding carboxylic acids is 2. The second kappa shape index (κ2) is 8.19. The lowest BCUT2D eigenvalue weighted by Gasteiger charge is -2.16. The van der Waals surface area contributed by atoms with E-state index in [0.29, 0.717) is 18.8 Å². The number of para-hydroxylation sites is 1. The van der Waals surface area contributed by atoms with Gasteiger partial charge in [0.1, 0.15) is 0 Å². The van der Waals surface area contributed by atoms with E-state index in [1.807, 2.05) is 6.07 Å². The van der Waals surface area contributed by atoms with E-state index >= 15 is 0 Å². The quantitative estimate of drug-likeness (QED) is 0.696. The van der Waals surface area contributed by atoms with Gasteiger partial charge in [-0.25, -0.2) is 18.6 Å².